The number of nitrogens with zero attached hydrogens (tertiary/aromatic N) is 1. The highest BCUT2D eigenvalue weighted by atomic mass is 16.3. The number of aryl methyl sites for hydroxylation is 2. The molecule has 0 aliphatic carbocycles. The standard InChI is InChI=1S/C18H23NO/c1-14-8-15(2)10-18(9-14)12-19(3)11-16-4-6-17(13-20)7-5-16/h4-10,20H,11-13H2,1-3H3. The molecule has 2 nitrogen and oxygen atoms in total. The maximum Gasteiger partial charge on any atom is 0.0681 e. The fourth-order valence-corrected chi connectivity index (χ4v) is 2.59. The molecule has 0 aliphatic rings. The average Bonchev–Trinajstić information content (AvgIpc) is 2.38. The van der Waals surface area contributed by atoms with E-state index in [-0.39, 0.29) is 6.61 Å². The van der Waals surface area contributed by atoms with Crippen LogP contribution >= 0.6 is 0 Å². The summed E-state index contributed by atoms with van der Waals surface area (Å²) in [5.41, 5.74) is 6.23. The molecule has 0 spiro atoms. The minimum atomic E-state index is 0.110. The van der Waals surface area contributed by atoms with Crippen LogP contribution in [0.4, 0.5) is 0 Å². The Hall–Kier alpha value is -1.64. The summed E-state index contributed by atoms with van der Waals surface area (Å²) in [6.45, 7) is 6.26. The van der Waals surface area contributed by atoms with Gasteiger partial charge in [0.15, 0.2) is 0 Å². The van der Waals surface area contributed by atoms with Gasteiger partial charge >= 0.3 is 0 Å². The van der Waals surface area contributed by atoms with Crippen molar-refractivity contribution in [3.05, 3.63) is 70.3 Å². The van der Waals surface area contributed by atoms with E-state index in [0.29, 0.717) is 0 Å². The molecular weight excluding hydrogens is 246 g/mol. The second-order valence-electron chi connectivity index (χ2n) is 5.64. The Kier molecular flexibility index (Phi) is 4.94. The smallest absolute Gasteiger partial charge is 0.0681 e. The summed E-state index contributed by atoms with van der Waals surface area (Å²) in [7, 11) is 2.14. The van der Waals surface area contributed by atoms with E-state index in [1.807, 2.05) is 12.1 Å². The number of hydrogen-bond acceptors (Lipinski definition) is 2. The summed E-state index contributed by atoms with van der Waals surface area (Å²) in [6.07, 6.45) is 0. The Morgan fingerprint density at radius 1 is 0.800 bits per heavy atom. The number of benzene rings is 2. The largest absolute Gasteiger partial charge is 0.392 e. The lowest BCUT2D eigenvalue weighted by molar-refractivity contribution is 0.281. The van der Waals surface area contributed by atoms with Crippen LogP contribution in [-0.4, -0.2) is 17.1 Å². The minimum absolute atomic E-state index is 0.110. The van der Waals surface area contributed by atoms with Crippen molar-refractivity contribution in [3.63, 3.8) is 0 Å². The monoisotopic (exact) mass is 269 g/mol. The quantitative estimate of drug-likeness (QED) is 0.899. The van der Waals surface area contributed by atoms with Gasteiger partial charge in [-0.2, -0.15) is 0 Å². The van der Waals surface area contributed by atoms with Crippen molar-refractivity contribution in [1.82, 2.24) is 4.90 Å². The lowest BCUT2D eigenvalue weighted by Gasteiger charge is -2.17. The van der Waals surface area contributed by atoms with Crippen molar-refractivity contribution in [2.45, 2.75) is 33.5 Å². The molecule has 2 aromatic carbocycles. The molecule has 2 rings (SSSR count). The molecule has 0 saturated carbocycles. The maximum absolute atomic E-state index is 9.05. The van der Waals surface area contributed by atoms with Crippen molar-refractivity contribution < 1.29 is 5.11 Å². The van der Waals surface area contributed by atoms with Crippen LogP contribution in [0.15, 0.2) is 42.5 Å². The Labute approximate surface area is 121 Å². The van der Waals surface area contributed by atoms with E-state index in [4.69, 9.17) is 5.11 Å². The van der Waals surface area contributed by atoms with Crippen LogP contribution < -0.4 is 0 Å². The first kappa shape index (κ1) is 14.8. The lowest BCUT2D eigenvalue weighted by atomic mass is 10.1. The third-order valence-electron chi connectivity index (χ3n) is 3.39. The first-order valence-electron chi connectivity index (χ1n) is 7.01. The van der Waals surface area contributed by atoms with Crippen molar-refractivity contribution in [2.24, 2.45) is 0 Å². The Morgan fingerprint density at radius 2 is 1.30 bits per heavy atom. The normalized spacial score (nSPS) is 11.1. The first-order valence-corrected chi connectivity index (χ1v) is 7.01. The number of aliphatic hydroxyl groups is 1. The van der Waals surface area contributed by atoms with Gasteiger partial charge < -0.3 is 5.11 Å². The SMILES string of the molecule is Cc1cc(C)cc(CN(C)Cc2ccc(CO)cc2)c1. The van der Waals surface area contributed by atoms with E-state index in [1.165, 1.54) is 22.3 Å². The van der Waals surface area contributed by atoms with E-state index in [0.717, 1.165) is 18.7 Å². The van der Waals surface area contributed by atoms with E-state index in [1.54, 1.807) is 0 Å². The predicted octanol–water partition coefficient (Wildman–Crippen LogP) is 3.43. The Bertz CT molecular complexity index is 540. The highest BCUT2D eigenvalue weighted by Crippen LogP contribution is 2.13. The van der Waals surface area contributed by atoms with Crippen LogP contribution in [0.25, 0.3) is 0 Å². The highest BCUT2D eigenvalue weighted by Gasteiger charge is 2.03. The first-order chi connectivity index (χ1) is 9.56. The molecule has 20 heavy (non-hydrogen) atoms. The van der Waals surface area contributed by atoms with Crippen LogP contribution in [0, 0.1) is 13.8 Å². The average molecular weight is 269 g/mol. The molecule has 0 heterocycles. The van der Waals surface area contributed by atoms with E-state index in [9.17, 15) is 0 Å². The van der Waals surface area contributed by atoms with Gasteiger partial charge in [0.05, 0.1) is 6.61 Å². The fourth-order valence-electron chi connectivity index (χ4n) is 2.59. The van der Waals surface area contributed by atoms with Gasteiger partial charge in [0.1, 0.15) is 0 Å². The van der Waals surface area contributed by atoms with Gasteiger partial charge in [-0.25, -0.2) is 0 Å². The van der Waals surface area contributed by atoms with Crippen molar-refractivity contribution in [1.29, 1.82) is 0 Å². The molecule has 0 bridgehead atoms. The van der Waals surface area contributed by atoms with Gasteiger partial charge in [0, 0.05) is 13.1 Å². The van der Waals surface area contributed by atoms with Crippen molar-refractivity contribution in [2.75, 3.05) is 7.05 Å². The van der Waals surface area contributed by atoms with Gasteiger partial charge in [-0.3, -0.25) is 4.90 Å². The van der Waals surface area contributed by atoms with E-state index < -0.39 is 0 Å². The summed E-state index contributed by atoms with van der Waals surface area (Å²) in [5, 5.41) is 9.05. The zero-order chi connectivity index (χ0) is 14.5. The molecule has 0 fully saturated rings. The highest BCUT2D eigenvalue weighted by molar-refractivity contribution is 5.28. The molecule has 0 aromatic heterocycles. The molecular formula is C18H23NO. The van der Waals surface area contributed by atoms with Crippen molar-refractivity contribution >= 4 is 0 Å². The van der Waals surface area contributed by atoms with Gasteiger partial charge in [-0.15, -0.1) is 0 Å². The second kappa shape index (κ2) is 6.69. The minimum Gasteiger partial charge on any atom is -0.392 e. The molecule has 106 valence electrons. The van der Waals surface area contributed by atoms with Crippen LogP contribution in [-0.2, 0) is 19.7 Å². The molecule has 0 amide bonds. The third-order valence-corrected chi connectivity index (χ3v) is 3.39. The number of hydrogen-bond donors (Lipinski definition) is 1. The number of rotatable bonds is 5. The number of aliphatic hydroxyl groups excluding tert-OH is 1. The summed E-state index contributed by atoms with van der Waals surface area (Å²) in [6, 6.07) is 14.8. The summed E-state index contributed by atoms with van der Waals surface area (Å²) >= 11 is 0. The molecule has 0 aliphatic heterocycles. The van der Waals surface area contributed by atoms with Gasteiger partial charge in [-0.05, 0) is 37.6 Å². The molecule has 2 aromatic rings. The fraction of sp³-hybridized carbons (Fsp3) is 0.333. The predicted molar refractivity (Wildman–Crippen MR) is 83.5 cm³/mol. The molecule has 0 radical (unpaired) electrons. The van der Waals surface area contributed by atoms with E-state index in [2.05, 4.69) is 56.1 Å². The summed E-state index contributed by atoms with van der Waals surface area (Å²) < 4.78 is 0. The zero-order valence-electron chi connectivity index (χ0n) is 12.6. The third kappa shape index (κ3) is 4.19. The topological polar surface area (TPSA) is 23.5 Å². The molecule has 2 heteroatoms. The lowest BCUT2D eigenvalue weighted by Crippen LogP contribution is -2.17. The second-order valence-corrected chi connectivity index (χ2v) is 5.64. The summed E-state index contributed by atoms with van der Waals surface area (Å²) in [4.78, 5) is 2.31. The van der Waals surface area contributed by atoms with Crippen LogP contribution in [0.2, 0.25) is 0 Å². The molecule has 0 atom stereocenters. The van der Waals surface area contributed by atoms with Crippen molar-refractivity contribution in [3.8, 4) is 0 Å². The van der Waals surface area contributed by atoms with E-state index >= 15 is 0 Å². The molecule has 0 saturated heterocycles. The Balaban J connectivity index is 1.98. The van der Waals surface area contributed by atoms with Crippen LogP contribution in [0.5, 0.6) is 0 Å². The van der Waals surface area contributed by atoms with Gasteiger partial charge in [0.25, 0.3) is 0 Å². The zero-order valence-corrected chi connectivity index (χ0v) is 12.6. The van der Waals surface area contributed by atoms with Crippen LogP contribution in [0.1, 0.15) is 27.8 Å². The van der Waals surface area contributed by atoms with Gasteiger partial charge in [-0.1, -0.05) is 53.6 Å². The van der Waals surface area contributed by atoms with Gasteiger partial charge in [0.2, 0.25) is 0 Å². The maximum atomic E-state index is 9.05. The Morgan fingerprint density at radius 3 is 1.85 bits per heavy atom. The molecule has 0 unspecified atom stereocenters. The van der Waals surface area contributed by atoms with Crippen LogP contribution in [0.3, 0.4) is 0 Å². The molecule has 1 N–H and O–H groups in total. The summed E-state index contributed by atoms with van der Waals surface area (Å²) in [5.74, 6) is 0.